The van der Waals surface area contributed by atoms with Crippen LogP contribution in [0.25, 0.3) is 6.08 Å². The predicted molar refractivity (Wildman–Crippen MR) is 71.2 cm³/mol. The molecule has 1 rings (SSSR count). The van der Waals surface area contributed by atoms with Gasteiger partial charge in [0, 0.05) is 18.2 Å². The van der Waals surface area contributed by atoms with Crippen LogP contribution in [0.15, 0.2) is 24.3 Å². The SMILES string of the molecule is COCCONC(=O)/C=C/c1ccc(C)c(Cl)c1. The van der Waals surface area contributed by atoms with Crippen LogP contribution in [-0.2, 0) is 14.4 Å². The molecule has 1 amide bonds. The Morgan fingerprint density at radius 1 is 1.44 bits per heavy atom. The molecule has 0 bridgehead atoms. The summed E-state index contributed by atoms with van der Waals surface area (Å²) in [6, 6.07) is 5.58. The summed E-state index contributed by atoms with van der Waals surface area (Å²) in [7, 11) is 1.56. The Morgan fingerprint density at radius 2 is 2.22 bits per heavy atom. The number of nitrogens with one attached hydrogen (secondary N) is 1. The molecule has 1 aromatic rings. The zero-order valence-corrected chi connectivity index (χ0v) is 11.2. The number of hydrogen-bond donors (Lipinski definition) is 1. The summed E-state index contributed by atoms with van der Waals surface area (Å²) in [6.45, 7) is 2.66. The summed E-state index contributed by atoms with van der Waals surface area (Å²) in [6.07, 6.45) is 3.05. The molecule has 0 aliphatic rings. The third-order valence-corrected chi connectivity index (χ3v) is 2.59. The first-order chi connectivity index (χ1) is 8.63. The van der Waals surface area contributed by atoms with Gasteiger partial charge in [-0.05, 0) is 30.2 Å². The van der Waals surface area contributed by atoms with Crippen LogP contribution < -0.4 is 5.48 Å². The molecule has 0 aromatic heterocycles. The topological polar surface area (TPSA) is 47.6 Å². The second-order valence-electron chi connectivity index (χ2n) is 3.65. The Morgan fingerprint density at radius 3 is 2.89 bits per heavy atom. The van der Waals surface area contributed by atoms with Crippen LogP contribution in [0.2, 0.25) is 5.02 Å². The molecule has 0 heterocycles. The first-order valence-electron chi connectivity index (χ1n) is 5.48. The molecule has 0 fully saturated rings. The van der Waals surface area contributed by atoms with Gasteiger partial charge in [-0.15, -0.1) is 0 Å². The number of methoxy groups -OCH3 is 1. The number of benzene rings is 1. The van der Waals surface area contributed by atoms with Crippen molar-refractivity contribution >= 4 is 23.6 Å². The molecule has 0 atom stereocenters. The van der Waals surface area contributed by atoms with Gasteiger partial charge in [-0.2, -0.15) is 0 Å². The van der Waals surface area contributed by atoms with Crippen LogP contribution in [0.3, 0.4) is 0 Å². The Labute approximate surface area is 111 Å². The van der Waals surface area contributed by atoms with E-state index in [1.807, 2.05) is 19.1 Å². The summed E-state index contributed by atoms with van der Waals surface area (Å²) >= 11 is 5.97. The molecule has 0 spiro atoms. The van der Waals surface area contributed by atoms with Gasteiger partial charge in [0.05, 0.1) is 13.2 Å². The van der Waals surface area contributed by atoms with Gasteiger partial charge in [-0.1, -0.05) is 23.7 Å². The highest BCUT2D eigenvalue weighted by Crippen LogP contribution is 2.17. The highest BCUT2D eigenvalue weighted by molar-refractivity contribution is 6.31. The van der Waals surface area contributed by atoms with E-state index in [4.69, 9.17) is 21.2 Å². The fraction of sp³-hybridized carbons (Fsp3) is 0.308. The largest absolute Gasteiger partial charge is 0.382 e. The number of amides is 1. The Kier molecular flexibility index (Phi) is 6.43. The molecule has 1 aromatic carbocycles. The van der Waals surface area contributed by atoms with Gasteiger partial charge in [0.15, 0.2) is 0 Å². The molecule has 4 nitrogen and oxygen atoms in total. The van der Waals surface area contributed by atoms with Gasteiger partial charge in [0.2, 0.25) is 0 Å². The molecule has 0 saturated heterocycles. The lowest BCUT2D eigenvalue weighted by atomic mass is 10.1. The summed E-state index contributed by atoms with van der Waals surface area (Å²) in [5.74, 6) is -0.331. The quantitative estimate of drug-likeness (QED) is 0.490. The van der Waals surface area contributed by atoms with Crippen LogP contribution >= 0.6 is 11.6 Å². The first kappa shape index (κ1) is 14.7. The Hall–Kier alpha value is -1.36. The number of aryl methyl sites for hydroxylation is 1. The molecule has 0 unspecified atom stereocenters. The van der Waals surface area contributed by atoms with E-state index >= 15 is 0 Å². The maximum atomic E-state index is 11.3. The lowest BCUT2D eigenvalue weighted by molar-refractivity contribution is -0.129. The van der Waals surface area contributed by atoms with Crippen LogP contribution in [0.4, 0.5) is 0 Å². The molecule has 0 aliphatic heterocycles. The second kappa shape index (κ2) is 7.87. The molecule has 98 valence electrons. The highest BCUT2D eigenvalue weighted by atomic mass is 35.5. The van der Waals surface area contributed by atoms with E-state index in [0.717, 1.165) is 11.1 Å². The van der Waals surface area contributed by atoms with Crippen molar-refractivity contribution in [2.75, 3.05) is 20.3 Å². The van der Waals surface area contributed by atoms with E-state index in [9.17, 15) is 4.79 Å². The van der Waals surface area contributed by atoms with Crippen molar-refractivity contribution in [2.24, 2.45) is 0 Å². The number of carbonyl (C=O) groups excluding carboxylic acids is 1. The minimum Gasteiger partial charge on any atom is -0.382 e. The van der Waals surface area contributed by atoms with E-state index in [2.05, 4.69) is 5.48 Å². The maximum absolute atomic E-state index is 11.3. The van der Waals surface area contributed by atoms with Crippen molar-refractivity contribution in [2.45, 2.75) is 6.92 Å². The number of ether oxygens (including phenoxy) is 1. The zero-order valence-electron chi connectivity index (χ0n) is 10.4. The number of hydroxylamine groups is 1. The third-order valence-electron chi connectivity index (χ3n) is 2.19. The van der Waals surface area contributed by atoms with E-state index in [1.165, 1.54) is 6.08 Å². The number of carbonyl (C=O) groups is 1. The van der Waals surface area contributed by atoms with Gasteiger partial charge in [0.25, 0.3) is 5.91 Å². The normalized spacial score (nSPS) is 10.8. The molecule has 0 aliphatic carbocycles. The standard InChI is InChI=1S/C13H16ClNO3/c1-10-3-4-11(9-12(10)14)5-6-13(16)15-18-8-7-17-2/h3-6,9H,7-8H2,1-2H3,(H,15,16)/b6-5+. The molecule has 0 saturated carbocycles. The minimum atomic E-state index is -0.331. The van der Waals surface area contributed by atoms with Crippen molar-refractivity contribution in [1.29, 1.82) is 0 Å². The van der Waals surface area contributed by atoms with Crippen molar-refractivity contribution < 1.29 is 14.4 Å². The Balaban J connectivity index is 2.43. The van der Waals surface area contributed by atoms with Crippen molar-refractivity contribution in [3.8, 4) is 0 Å². The van der Waals surface area contributed by atoms with E-state index in [0.29, 0.717) is 18.2 Å². The minimum absolute atomic E-state index is 0.312. The molecule has 5 heteroatoms. The number of halogens is 1. The number of rotatable bonds is 6. The van der Waals surface area contributed by atoms with Gasteiger partial charge in [-0.3, -0.25) is 9.63 Å². The van der Waals surface area contributed by atoms with Crippen LogP contribution in [-0.4, -0.2) is 26.2 Å². The smallest absolute Gasteiger partial charge is 0.267 e. The monoisotopic (exact) mass is 269 g/mol. The van der Waals surface area contributed by atoms with E-state index in [1.54, 1.807) is 19.3 Å². The molecular formula is C13H16ClNO3. The molecule has 18 heavy (non-hydrogen) atoms. The summed E-state index contributed by atoms with van der Waals surface area (Å²) < 4.78 is 4.77. The lowest BCUT2D eigenvalue weighted by Crippen LogP contribution is -2.23. The molecular weight excluding hydrogens is 254 g/mol. The first-order valence-corrected chi connectivity index (χ1v) is 5.86. The highest BCUT2D eigenvalue weighted by Gasteiger charge is 1.97. The van der Waals surface area contributed by atoms with Crippen LogP contribution in [0, 0.1) is 6.92 Å². The van der Waals surface area contributed by atoms with Crippen LogP contribution in [0.1, 0.15) is 11.1 Å². The summed E-state index contributed by atoms with van der Waals surface area (Å²) in [5.41, 5.74) is 4.13. The molecule has 0 radical (unpaired) electrons. The Bertz CT molecular complexity index is 432. The van der Waals surface area contributed by atoms with Crippen LogP contribution in [0.5, 0.6) is 0 Å². The van der Waals surface area contributed by atoms with Gasteiger partial charge >= 0.3 is 0 Å². The van der Waals surface area contributed by atoms with Crippen molar-refractivity contribution in [1.82, 2.24) is 5.48 Å². The number of hydrogen-bond acceptors (Lipinski definition) is 3. The fourth-order valence-corrected chi connectivity index (χ4v) is 1.35. The summed E-state index contributed by atoms with van der Waals surface area (Å²) in [4.78, 5) is 16.2. The van der Waals surface area contributed by atoms with Gasteiger partial charge in [-0.25, -0.2) is 5.48 Å². The fourth-order valence-electron chi connectivity index (χ4n) is 1.17. The lowest BCUT2D eigenvalue weighted by Gasteiger charge is -2.02. The predicted octanol–water partition coefficient (Wildman–Crippen LogP) is 2.36. The van der Waals surface area contributed by atoms with Crippen molar-refractivity contribution in [3.05, 3.63) is 40.4 Å². The zero-order chi connectivity index (χ0) is 13.4. The van der Waals surface area contributed by atoms with Gasteiger partial charge in [0.1, 0.15) is 0 Å². The van der Waals surface area contributed by atoms with E-state index < -0.39 is 0 Å². The van der Waals surface area contributed by atoms with Crippen molar-refractivity contribution in [3.63, 3.8) is 0 Å². The van der Waals surface area contributed by atoms with Gasteiger partial charge < -0.3 is 4.74 Å². The third kappa shape index (κ3) is 5.31. The second-order valence-corrected chi connectivity index (χ2v) is 4.06. The average molecular weight is 270 g/mol. The van der Waals surface area contributed by atoms with E-state index in [-0.39, 0.29) is 5.91 Å². The summed E-state index contributed by atoms with van der Waals surface area (Å²) in [5, 5.41) is 0.675. The molecule has 1 N–H and O–H groups in total. The maximum Gasteiger partial charge on any atom is 0.267 e. The average Bonchev–Trinajstić information content (AvgIpc) is 2.36.